The molecule has 1 aromatic heterocycles. The van der Waals surface area contributed by atoms with Gasteiger partial charge in [0.1, 0.15) is 0 Å². The van der Waals surface area contributed by atoms with E-state index in [-0.39, 0.29) is 0 Å². The maximum absolute atomic E-state index is 5.65. The van der Waals surface area contributed by atoms with Crippen LogP contribution in [0.4, 0.5) is 5.95 Å². The average molecular weight is 317 g/mol. The van der Waals surface area contributed by atoms with Crippen molar-refractivity contribution in [3.05, 3.63) is 18.5 Å². The number of nitrogens with one attached hydrogen (secondary N) is 1. The van der Waals surface area contributed by atoms with Crippen molar-refractivity contribution in [2.75, 3.05) is 31.1 Å². The Balaban J connectivity index is 1.29. The Labute approximate surface area is 137 Å². The van der Waals surface area contributed by atoms with Gasteiger partial charge in [-0.3, -0.25) is 0 Å². The van der Waals surface area contributed by atoms with Crippen molar-refractivity contribution in [2.24, 2.45) is 11.8 Å². The largest absolute Gasteiger partial charge is 0.360 e. The van der Waals surface area contributed by atoms with Gasteiger partial charge in [-0.15, -0.1) is 0 Å². The van der Waals surface area contributed by atoms with E-state index >= 15 is 0 Å². The van der Waals surface area contributed by atoms with Gasteiger partial charge in [0.05, 0.1) is 0 Å². The Morgan fingerprint density at radius 3 is 2.50 bits per heavy atom. The SMILES string of the molecule is S=C(N[C@H]1C[C@@H]2CC[C@H]1C2)N1CCN(c2ncccn2)CC1. The van der Waals surface area contributed by atoms with Gasteiger partial charge in [0.2, 0.25) is 5.95 Å². The first-order chi connectivity index (χ1) is 10.8. The zero-order valence-corrected chi connectivity index (χ0v) is 13.6. The topological polar surface area (TPSA) is 44.3 Å². The molecule has 118 valence electrons. The zero-order valence-electron chi connectivity index (χ0n) is 12.8. The van der Waals surface area contributed by atoms with E-state index in [0.717, 1.165) is 49.1 Å². The van der Waals surface area contributed by atoms with Gasteiger partial charge in [0, 0.05) is 44.6 Å². The van der Waals surface area contributed by atoms with E-state index in [9.17, 15) is 0 Å². The predicted molar refractivity (Wildman–Crippen MR) is 90.8 cm³/mol. The molecule has 3 atom stereocenters. The third-order valence-electron chi connectivity index (χ3n) is 5.45. The second-order valence-corrected chi connectivity index (χ2v) is 7.14. The fraction of sp³-hybridized carbons (Fsp3) is 0.688. The number of thiocarbonyl (C=S) groups is 1. The van der Waals surface area contributed by atoms with Crippen molar-refractivity contribution in [2.45, 2.75) is 31.7 Å². The van der Waals surface area contributed by atoms with E-state index in [1.165, 1.54) is 25.7 Å². The molecule has 1 saturated heterocycles. The van der Waals surface area contributed by atoms with E-state index in [2.05, 4.69) is 25.1 Å². The smallest absolute Gasteiger partial charge is 0.225 e. The molecule has 4 rings (SSSR count). The molecule has 0 spiro atoms. The first kappa shape index (κ1) is 14.2. The third kappa shape index (κ3) is 2.76. The van der Waals surface area contributed by atoms with Crippen LogP contribution in [0.5, 0.6) is 0 Å². The molecule has 2 aliphatic carbocycles. The van der Waals surface area contributed by atoms with Crippen LogP contribution >= 0.6 is 12.2 Å². The van der Waals surface area contributed by atoms with Gasteiger partial charge in [0.15, 0.2) is 5.11 Å². The first-order valence-electron chi connectivity index (χ1n) is 8.37. The summed E-state index contributed by atoms with van der Waals surface area (Å²) in [4.78, 5) is 13.2. The maximum Gasteiger partial charge on any atom is 0.225 e. The lowest BCUT2D eigenvalue weighted by molar-refractivity contribution is 0.344. The molecule has 1 aliphatic heterocycles. The minimum atomic E-state index is 0.627. The molecule has 0 unspecified atom stereocenters. The Hall–Kier alpha value is -1.43. The van der Waals surface area contributed by atoms with Crippen LogP contribution in [-0.2, 0) is 0 Å². The van der Waals surface area contributed by atoms with Crippen LogP contribution in [0.2, 0.25) is 0 Å². The van der Waals surface area contributed by atoms with E-state index in [1.54, 1.807) is 12.4 Å². The summed E-state index contributed by atoms with van der Waals surface area (Å²) in [5.41, 5.74) is 0. The molecule has 5 nitrogen and oxygen atoms in total. The molecule has 6 heteroatoms. The Morgan fingerprint density at radius 2 is 1.86 bits per heavy atom. The van der Waals surface area contributed by atoms with Crippen molar-refractivity contribution in [1.29, 1.82) is 0 Å². The molecular formula is C16H23N5S. The molecule has 2 bridgehead atoms. The van der Waals surface area contributed by atoms with E-state index in [4.69, 9.17) is 12.2 Å². The quantitative estimate of drug-likeness (QED) is 0.837. The number of fused-ring (bicyclic) bond motifs is 2. The van der Waals surface area contributed by atoms with E-state index < -0.39 is 0 Å². The monoisotopic (exact) mass is 317 g/mol. The maximum atomic E-state index is 5.65. The molecule has 2 saturated carbocycles. The summed E-state index contributed by atoms with van der Waals surface area (Å²) in [6.07, 6.45) is 9.17. The van der Waals surface area contributed by atoms with E-state index in [0.29, 0.717) is 6.04 Å². The summed E-state index contributed by atoms with van der Waals surface area (Å²) in [5, 5.41) is 4.59. The van der Waals surface area contributed by atoms with Crippen molar-refractivity contribution < 1.29 is 0 Å². The molecule has 3 aliphatic rings. The summed E-state index contributed by atoms with van der Waals surface area (Å²) in [7, 11) is 0. The molecule has 0 aromatic carbocycles. The lowest BCUT2D eigenvalue weighted by Crippen LogP contribution is -2.54. The summed E-state index contributed by atoms with van der Waals surface area (Å²) in [6, 6.07) is 2.48. The molecule has 3 fully saturated rings. The van der Waals surface area contributed by atoms with E-state index in [1.807, 2.05) is 6.07 Å². The van der Waals surface area contributed by atoms with Gasteiger partial charge in [-0.05, 0) is 49.4 Å². The highest BCUT2D eigenvalue weighted by atomic mass is 32.1. The van der Waals surface area contributed by atoms with Crippen molar-refractivity contribution in [3.63, 3.8) is 0 Å². The number of piperazine rings is 1. The molecule has 0 radical (unpaired) electrons. The summed E-state index contributed by atoms with van der Waals surface area (Å²) in [5.74, 6) is 2.65. The minimum absolute atomic E-state index is 0.627. The molecule has 22 heavy (non-hydrogen) atoms. The van der Waals surface area contributed by atoms with Gasteiger partial charge in [-0.1, -0.05) is 6.42 Å². The van der Waals surface area contributed by atoms with Crippen LogP contribution < -0.4 is 10.2 Å². The molecule has 2 heterocycles. The number of anilines is 1. The minimum Gasteiger partial charge on any atom is -0.360 e. The Morgan fingerprint density at radius 1 is 1.09 bits per heavy atom. The van der Waals surface area contributed by atoms with Crippen LogP contribution in [0.1, 0.15) is 25.7 Å². The first-order valence-corrected chi connectivity index (χ1v) is 8.78. The normalized spacial score (nSPS) is 30.6. The highest BCUT2D eigenvalue weighted by Gasteiger charge is 2.40. The summed E-state index contributed by atoms with van der Waals surface area (Å²) < 4.78 is 0. The van der Waals surface area contributed by atoms with Gasteiger partial charge in [-0.25, -0.2) is 9.97 Å². The van der Waals surface area contributed by atoms with Crippen molar-refractivity contribution >= 4 is 23.3 Å². The van der Waals surface area contributed by atoms with Gasteiger partial charge in [-0.2, -0.15) is 0 Å². The van der Waals surface area contributed by atoms with Crippen LogP contribution in [0, 0.1) is 11.8 Å². The zero-order chi connectivity index (χ0) is 14.9. The second kappa shape index (κ2) is 5.99. The molecular weight excluding hydrogens is 294 g/mol. The molecule has 1 aromatic rings. The van der Waals surface area contributed by atoms with Gasteiger partial charge in [0.25, 0.3) is 0 Å². The number of hydrogen-bond acceptors (Lipinski definition) is 4. The number of nitrogens with zero attached hydrogens (tertiary/aromatic N) is 4. The van der Waals surface area contributed by atoms with Crippen LogP contribution in [0.3, 0.4) is 0 Å². The fourth-order valence-corrected chi connectivity index (χ4v) is 4.57. The van der Waals surface area contributed by atoms with Crippen LogP contribution in [-0.4, -0.2) is 52.2 Å². The molecule has 0 amide bonds. The van der Waals surface area contributed by atoms with Crippen LogP contribution in [0.15, 0.2) is 18.5 Å². The lowest BCUT2D eigenvalue weighted by atomic mass is 9.95. The summed E-state index contributed by atoms with van der Waals surface area (Å²) >= 11 is 5.65. The Bertz CT molecular complexity index is 529. The second-order valence-electron chi connectivity index (χ2n) is 6.75. The molecule has 1 N–H and O–H groups in total. The van der Waals surface area contributed by atoms with Crippen molar-refractivity contribution in [3.8, 4) is 0 Å². The van der Waals surface area contributed by atoms with Gasteiger partial charge >= 0.3 is 0 Å². The predicted octanol–water partition coefficient (Wildman–Crippen LogP) is 1.66. The average Bonchev–Trinajstić information content (AvgIpc) is 3.19. The summed E-state index contributed by atoms with van der Waals surface area (Å²) in [6.45, 7) is 3.76. The highest BCUT2D eigenvalue weighted by Crippen LogP contribution is 2.44. The fourth-order valence-electron chi connectivity index (χ4n) is 4.24. The number of hydrogen-bond donors (Lipinski definition) is 1. The lowest BCUT2D eigenvalue weighted by Gasteiger charge is -2.37. The highest BCUT2D eigenvalue weighted by molar-refractivity contribution is 7.80. The number of aromatic nitrogens is 2. The third-order valence-corrected chi connectivity index (χ3v) is 5.82. The van der Waals surface area contributed by atoms with Crippen LogP contribution in [0.25, 0.3) is 0 Å². The van der Waals surface area contributed by atoms with Crippen molar-refractivity contribution in [1.82, 2.24) is 20.2 Å². The number of rotatable bonds is 2. The van der Waals surface area contributed by atoms with Gasteiger partial charge < -0.3 is 15.1 Å². The Kier molecular flexibility index (Phi) is 3.86. The standard InChI is InChI=1S/C16H23N5S/c22-16(19-14-11-12-2-3-13(14)10-12)21-8-6-20(7-9-21)15-17-4-1-5-18-15/h1,4-5,12-14H,2-3,6-11H2,(H,19,22)/t12-,13+,14+/m1/s1.